The molecule has 5 rings (SSSR count). The standard InChI is InChI=1S/C25H23ClFN5O2/c26-21-11-17(3-5-22(21)27)30-24-19-12-18(4-6-23(19)28-15-29-24)32-13-16(7-10-33)20(14-32)25(34)31-8-1-2-9-31/h3-6,11-15,33H,1-2,7-10H2,(H,28,29,30). The van der Waals surface area contributed by atoms with Crippen molar-refractivity contribution >= 4 is 39.9 Å². The van der Waals surface area contributed by atoms with Crippen LogP contribution in [0.25, 0.3) is 16.6 Å². The van der Waals surface area contributed by atoms with E-state index in [-0.39, 0.29) is 17.5 Å². The second kappa shape index (κ2) is 9.40. The molecule has 0 unspecified atom stereocenters. The van der Waals surface area contributed by atoms with E-state index in [1.165, 1.54) is 18.5 Å². The molecule has 9 heteroatoms. The molecular weight excluding hydrogens is 457 g/mol. The molecule has 0 saturated carbocycles. The first kappa shape index (κ1) is 22.3. The van der Waals surface area contributed by atoms with Gasteiger partial charge < -0.3 is 19.9 Å². The quantitative estimate of drug-likeness (QED) is 0.418. The molecule has 7 nitrogen and oxygen atoms in total. The Balaban J connectivity index is 1.52. The van der Waals surface area contributed by atoms with Gasteiger partial charge in [-0.15, -0.1) is 0 Å². The SMILES string of the molecule is O=C(c1cn(-c2ccc3ncnc(Nc4ccc(F)c(Cl)c4)c3c2)cc1CCO)N1CCCC1. The Hall–Kier alpha value is -3.49. The Bertz CT molecular complexity index is 1370. The summed E-state index contributed by atoms with van der Waals surface area (Å²) < 4.78 is 15.4. The maximum absolute atomic E-state index is 13.5. The second-order valence-corrected chi connectivity index (χ2v) is 8.66. The zero-order chi connectivity index (χ0) is 23.7. The van der Waals surface area contributed by atoms with Gasteiger partial charge in [-0.25, -0.2) is 14.4 Å². The molecule has 0 bridgehead atoms. The molecule has 0 atom stereocenters. The van der Waals surface area contributed by atoms with E-state index in [9.17, 15) is 14.3 Å². The van der Waals surface area contributed by atoms with Crippen molar-refractivity contribution in [1.29, 1.82) is 0 Å². The second-order valence-electron chi connectivity index (χ2n) is 8.25. The molecule has 3 heterocycles. The lowest BCUT2D eigenvalue weighted by molar-refractivity contribution is 0.0791. The summed E-state index contributed by atoms with van der Waals surface area (Å²) in [6, 6.07) is 10.1. The van der Waals surface area contributed by atoms with Crippen LogP contribution in [0.4, 0.5) is 15.9 Å². The van der Waals surface area contributed by atoms with Crippen molar-refractivity contribution in [3.05, 3.63) is 77.1 Å². The third-order valence-electron chi connectivity index (χ3n) is 6.01. The van der Waals surface area contributed by atoms with Gasteiger partial charge in [0.1, 0.15) is 18.0 Å². The molecule has 1 aliphatic rings. The number of fused-ring (bicyclic) bond motifs is 1. The van der Waals surface area contributed by atoms with Crippen LogP contribution >= 0.6 is 11.6 Å². The molecule has 0 aliphatic carbocycles. The van der Waals surface area contributed by atoms with E-state index < -0.39 is 5.82 Å². The number of halogens is 2. The lowest BCUT2D eigenvalue weighted by Gasteiger charge is -2.15. The minimum Gasteiger partial charge on any atom is -0.396 e. The summed E-state index contributed by atoms with van der Waals surface area (Å²) in [4.78, 5) is 23.6. The fourth-order valence-corrected chi connectivity index (χ4v) is 4.44. The monoisotopic (exact) mass is 479 g/mol. The summed E-state index contributed by atoms with van der Waals surface area (Å²) >= 11 is 5.92. The minimum absolute atomic E-state index is 0.000586. The molecule has 174 valence electrons. The Morgan fingerprint density at radius 3 is 2.71 bits per heavy atom. The number of carbonyl (C=O) groups is 1. The van der Waals surface area contributed by atoms with Crippen LogP contribution in [0.15, 0.2) is 55.1 Å². The lowest BCUT2D eigenvalue weighted by Crippen LogP contribution is -2.28. The molecule has 1 aliphatic heterocycles. The number of likely N-dealkylation sites (tertiary alicyclic amines) is 1. The van der Waals surface area contributed by atoms with Gasteiger partial charge in [0.15, 0.2) is 0 Å². The number of benzene rings is 2. The van der Waals surface area contributed by atoms with Gasteiger partial charge in [-0.3, -0.25) is 4.79 Å². The third-order valence-corrected chi connectivity index (χ3v) is 6.30. The van der Waals surface area contributed by atoms with Crippen LogP contribution < -0.4 is 5.32 Å². The molecule has 0 radical (unpaired) electrons. The molecule has 2 N–H and O–H groups in total. The normalized spacial score (nSPS) is 13.6. The predicted octanol–water partition coefficient (Wildman–Crippen LogP) is 4.73. The number of aliphatic hydroxyl groups is 1. The first-order valence-corrected chi connectivity index (χ1v) is 11.5. The Kier molecular flexibility index (Phi) is 6.17. The molecule has 1 saturated heterocycles. The molecule has 4 aromatic rings. The van der Waals surface area contributed by atoms with Gasteiger partial charge >= 0.3 is 0 Å². The maximum atomic E-state index is 13.5. The van der Waals surface area contributed by atoms with Crippen LogP contribution in [-0.4, -0.2) is 50.1 Å². The summed E-state index contributed by atoms with van der Waals surface area (Å²) in [6.07, 6.45) is 7.60. The highest BCUT2D eigenvalue weighted by Gasteiger charge is 2.23. The summed E-state index contributed by atoms with van der Waals surface area (Å²) in [5.74, 6) is 0.0533. The molecule has 2 aromatic heterocycles. The van der Waals surface area contributed by atoms with Crippen LogP contribution in [0.3, 0.4) is 0 Å². The predicted molar refractivity (Wildman–Crippen MR) is 129 cm³/mol. The highest BCUT2D eigenvalue weighted by Crippen LogP contribution is 2.28. The number of aliphatic hydroxyl groups excluding tert-OH is 1. The van der Waals surface area contributed by atoms with Gasteiger partial charge in [-0.1, -0.05) is 11.6 Å². The number of aromatic nitrogens is 3. The summed E-state index contributed by atoms with van der Waals surface area (Å²) in [6.45, 7) is 1.49. The molecule has 2 aromatic carbocycles. The lowest BCUT2D eigenvalue weighted by atomic mass is 10.1. The van der Waals surface area contributed by atoms with E-state index in [2.05, 4.69) is 15.3 Å². The molecule has 1 fully saturated rings. The van der Waals surface area contributed by atoms with Crippen molar-refractivity contribution < 1.29 is 14.3 Å². The first-order chi connectivity index (χ1) is 16.5. The van der Waals surface area contributed by atoms with Crippen molar-refractivity contribution in [1.82, 2.24) is 19.4 Å². The molecule has 1 amide bonds. The third kappa shape index (κ3) is 4.34. The number of anilines is 2. The van der Waals surface area contributed by atoms with Crippen molar-refractivity contribution in [3.63, 3.8) is 0 Å². The average Bonchev–Trinajstić information content (AvgIpc) is 3.52. The van der Waals surface area contributed by atoms with Crippen LogP contribution in [0.5, 0.6) is 0 Å². The van der Waals surface area contributed by atoms with Crippen molar-refractivity contribution in [2.75, 3.05) is 25.0 Å². The smallest absolute Gasteiger partial charge is 0.255 e. The number of hydrogen-bond donors (Lipinski definition) is 2. The Labute approximate surface area is 200 Å². The first-order valence-electron chi connectivity index (χ1n) is 11.1. The number of nitrogens with one attached hydrogen (secondary N) is 1. The van der Waals surface area contributed by atoms with Crippen molar-refractivity contribution in [2.24, 2.45) is 0 Å². The van der Waals surface area contributed by atoms with E-state index >= 15 is 0 Å². The van der Waals surface area contributed by atoms with E-state index in [1.807, 2.05) is 40.1 Å². The zero-order valence-corrected chi connectivity index (χ0v) is 19.1. The summed E-state index contributed by atoms with van der Waals surface area (Å²) in [7, 11) is 0. The topological polar surface area (TPSA) is 83.3 Å². The van der Waals surface area contributed by atoms with E-state index in [4.69, 9.17) is 11.6 Å². The number of amides is 1. The Morgan fingerprint density at radius 2 is 1.94 bits per heavy atom. The van der Waals surface area contributed by atoms with Gasteiger partial charge in [0.05, 0.1) is 16.1 Å². The van der Waals surface area contributed by atoms with Gasteiger partial charge in [0.25, 0.3) is 5.91 Å². The highest BCUT2D eigenvalue weighted by atomic mass is 35.5. The van der Waals surface area contributed by atoms with Crippen molar-refractivity contribution in [2.45, 2.75) is 19.3 Å². The molecular formula is C25H23ClFN5O2. The van der Waals surface area contributed by atoms with Crippen LogP contribution in [0.1, 0.15) is 28.8 Å². The highest BCUT2D eigenvalue weighted by molar-refractivity contribution is 6.31. The largest absolute Gasteiger partial charge is 0.396 e. The van der Waals surface area contributed by atoms with Gasteiger partial charge in [0, 0.05) is 48.9 Å². The van der Waals surface area contributed by atoms with Gasteiger partial charge in [0.2, 0.25) is 0 Å². The van der Waals surface area contributed by atoms with E-state index in [0.29, 0.717) is 23.5 Å². The van der Waals surface area contributed by atoms with Crippen LogP contribution in [0, 0.1) is 5.82 Å². The maximum Gasteiger partial charge on any atom is 0.255 e. The van der Waals surface area contributed by atoms with Gasteiger partial charge in [-0.05, 0) is 61.2 Å². The number of nitrogens with zero attached hydrogens (tertiary/aromatic N) is 4. The van der Waals surface area contributed by atoms with E-state index in [0.717, 1.165) is 48.1 Å². The number of hydrogen-bond acceptors (Lipinski definition) is 5. The fourth-order valence-electron chi connectivity index (χ4n) is 4.26. The molecule has 0 spiro atoms. The average molecular weight is 480 g/mol. The summed E-state index contributed by atoms with van der Waals surface area (Å²) in [5.41, 5.74) is 3.57. The zero-order valence-electron chi connectivity index (χ0n) is 18.3. The van der Waals surface area contributed by atoms with Crippen molar-refractivity contribution in [3.8, 4) is 5.69 Å². The molecule has 34 heavy (non-hydrogen) atoms. The van der Waals surface area contributed by atoms with E-state index in [1.54, 1.807) is 6.07 Å². The minimum atomic E-state index is -0.493. The van der Waals surface area contributed by atoms with Gasteiger partial charge in [-0.2, -0.15) is 0 Å². The number of rotatable bonds is 6. The fraction of sp³-hybridized carbons (Fsp3) is 0.240. The van der Waals surface area contributed by atoms with Crippen LogP contribution in [-0.2, 0) is 6.42 Å². The summed E-state index contributed by atoms with van der Waals surface area (Å²) in [5, 5.41) is 13.5. The van der Waals surface area contributed by atoms with Crippen LogP contribution in [0.2, 0.25) is 5.02 Å². The number of carbonyl (C=O) groups excluding carboxylic acids is 1. The Morgan fingerprint density at radius 1 is 1.12 bits per heavy atom.